The Labute approximate surface area is 106 Å². The number of hydrogen-bond donors (Lipinski definition) is 2. The first-order valence-corrected chi connectivity index (χ1v) is 5.81. The summed E-state index contributed by atoms with van der Waals surface area (Å²) in [7, 11) is 0. The van der Waals surface area contributed by atoms with Crippen molar-refractivity contribution < 1.29 is 9.90 Å². The van der Waals surface area contributed by atoms with Gasteiger partial charge in [0.25, 0.3) is 0 Å². The second-order valence-corrected chi connectivity index (χ2v) is 4.16. The van der Waals surface area contributed by atoms with Crippen LogP contribution in [0.25, 0.3) is 0 Å². The molecule has 0 saturated carbocycles. The average Bonchev–Trinajstić information content (AvgIpc) is 2.40. The first-order chi connectivity index (χ1) is 8.66. The molecule has 0 bridgehead atoms. The smallest absolute Gasteiger partial charge is 0.335 e. The minimum Gasteiger partial charge on any atom is -0.478 e. The molecule has 0 aromatic heterocycles. The zero-order valence-electron chi connectivity index (χ0n) is 10.1. The van der Waals surface area contributed by atoms with Crippen LogP contribution in [0.2, 0.25) is 0 Å². The van der Waals surface area contributed by atoms with Crippen molar-refractivity contribution in [2.75, 3.05) is 5.32 Å². The molecule has 2 N–H and O–H groups in total. The summed E-state index contributed by atoms with van der Waals surface area (Å²) in [6.07, 6.45) is 0. The standard InChI is InChI=1S/C15H15NO2/c1-11(12-5-3-2-4-6-12)16-14-9-7-13(8-10-14)15(17)18/h2-11,16H,1H3,(H,17,18). The number of carboxylic acids is 1. The number of nitrogens with one attached hydrogen (secondary N) is 1. The molecule has 2 rings (SSSR count). The first kappa shape index (κ1) is 12.2. The van der Waals surface area contributed by atoms with Crippen molar-refractivity contribution in [2.45, 2.75) is 13.0 Å². The van der Waals surface area contributed by atoms with Crippen LogP contribution in [0.5, 0.6) is 0 Å². The minimum atomic E-state index is -0.905. The fourth-order valence-corrected chi connectivity index (χ4v) is 1.78. The van der Waals surface area contributed by atoms with Crippen LogP contribution in [0.15, 0.2) is 54.6 Å². The normalized spacial score (nSPS) is 11.8. The third-order valence-electron chi connectivity index (χ3n) is 2.81. The Morgan fingerprint density at radius 1 is 1.06 bits per heavy atom. The summed E-state index contributed by atoms with van der Waals surface area (Å²) in [5, 5.41) is 12.1. The van der Waals surface area contributed by atoms with E-state index in [0.717, 1.165) is 5.69 Å². The highest BCUT2D eigenvalue weighted by molar-refractivity contribution is 5.88. The maximum atomic E-state index is 10.7. The van der Waals surface area contributed by atoms with Crippen LogP contribution in [0.1, 0.15) is 28.9 Å². The van der Waals surface area contributed by atoms with Crippen LogP contribution in [-0.2, 0) is 0 Å². The van der Waals surface area contributed by atoms with E-state index in [1.807, 2.05) is 18.2 Å². The van der Waals surface area contributed by atoms with Crippen LogP contribution in [0.4, 0.5) is 5.69 Å². The van der Waals surface area contributed by atoms with Gasteiger partial charge in [-0.2, -0.15) is 0 Å². The number of aromatic carboxylic acids is 1. The molecule has 0 amide bonds. The van der Waals surface area contributed by atoms with Gasteiger partial charge >= 0.3 is 5.97 Å². The SMILES string of the molecule is CC(Nc1ccc(C(=O)O)cc1)c1ccccc1. The predicted molar refractivity (Wildman–Crippen MR) is 71.9 cm³/mol. The van der Waals surface area contributed by atoms with E-state index in [0.29, 0.717) is 5.56 Å². The van der Waals surface area contributed by atoms with Crippen molar-refractivity contribution in [3.8, 4) is 0 Å². The molecule has 0 saturated heterocycles. The lowest BCUT2D eigenvalue weighted by Gasteiger charge is -2.15. The molecule has 0 fully saturated rings. The lowest BCUT2D eigenvalue weighted by molar-refractivity contribution is 0.0697. The molecule has 18 heavy (non-hydrogen) atoms. The Hall–Kier alpha value is -2.29. The summed E-state index contributed by atoms with van der Waals surface area (Å²) in [5.41, 5.74) is 2.41. The number of carbonyl (C=O) groups is 1. The molecule has 3 nitrogen and oxygen atoms in total. The lowest BCUT2D eigenvalue weighted by atomic mass is 10.1. The Morgan fingerprint density at radius 2 is 1.67 bits per heavy atom. The molecule has 3 heteroatoms. The van der Waals surface area contributed by atoms with Crippen LogP contribution in [0.3, 0.4) is 0 Å². The van der Waals surface area contributed by atoms with Crippen molar-refractivity contribution in [1.82, 2.24) is 0 Å². The molecule has 0 aliphatic heterocycles. The Morgan fingerprint density at radius 3 is 2.22 bits per heavy atom. The van der Waals surface area contributed by atoms with Crippen LogP contribution >= 0.6 is 0 Å². The van der Waals surface area contributed by atoms with Crippen LogP contribution < -0.4 is 5.32 Å². The summed E-state index contributed by atoms with van der Waals surface area (Å²) in [5.74, 6) is -0.905. The van der Waals surface area contributed by atoms with E-state index >= 15 is 0 Å². The molecule has 0 spiro atoms. The zero-order chi connectivity index (χ0) is 13.0. The monoisotopic (exact) mass is 241 g/mol. The number of carboxylic acid groups (broad SMARTS) is 1. The molecular formula is C15H15NO2. The molecule has 0 heterocycles. The van der Waals surface area contributed by atoms with E-state index in [4.69, 9.17) is 5.11 Å². The summed E-state index contributed by atoms with van der Waals surface area (Å²) < 4.78 is 0. The quantitative estimate of drug-likeness (QED) is 0.860. The maximum absolute atomic E-state index is 10.7. The molecule has 2 aromatic rings. The van der Waals surface area contributed by atoms with Crippen molar-refractivity contribution in [2.24, 2.45) is 0 Å². The van der Waals surface area contributed by atoms with E-state index in [9.17, 15) is 4.79 Å². The van der Waals surface area contributed by atoms with Gasteiger partial charge in [0.15, 0.2) is 0 Å². The molecule has 1 atom stereocenters. The van der Waals surface area contributed by atoms with Crippen molar-refractivity contribution in [1.29, 1.82) is 0 Å². The Balaban J connectivity index is 2.08. The molecule has 1 unspecified atom stereocenters. The Kier molecular flexibility index (Phi) is 3.63. The van der Waals surface area contributed by atoms with E-state index in [2.05, 4.69) is 24.4 Å². The largest absolute Gasteiger partial charge is 0.478 e. The minimum absolute atomic E-state index is 0.182. The topological polar surface area (TPSA) is 49.3 Å². The van der Waals surface area contributed by atoms with Gasteiger partial charge in [-0.15, -0.1) is 0 Å². The molecule has 92 valence electrons. The molecule has 0 aliphatic rings. The highest BCUT2D eigenvalue weighted by atomic mass is 16.4. The van der Waals surface area contributed by atoms with Crippen molar-refractivity contribution >= 4 is 11.7 Å². The molecule has 0 radical (unpaired) electrons. The number of benzene rings is 2. The summed E-state index contributed by atoms with van der Waals surface area (Å²) in [6.45, 7) is 2.07. The van der Waals surface area contributed by atoms with E-state index in [-0.39, 0.29) is 6.04 Å². The van der Waals surface area contributed by atoms with Crippen molar-refractivity contribution in [3.05, 3.63) is 65.7 Å². The Bertz CT molecular complexity index is 520. The van der Waals surface area contributed by atoms with Gasteiger partial charge in [-0.3, -0.25) is 0 Å². The average molecular weight is 241 g/mol. The predicted octanol–water partition coefficient (Wildman–Crippen LogP) is 3.56. The van der Waals surface area contributed by atoms with Gasteiger partial charge in [0.05, 0.1) is 5.56 Å². The van der Waals surface area contributed by atoms with Gasteiger partial charge in [0.2, 0.25) is 0 Å². The number of hydrogen-bond acceptors (Lipinski definition) is 2. The van der Waals surface area contributed by atoms with E-state index in [1.54, 1.807) is 24.3 Å². The van der Waals surface area contributed by atoms with E-state index < -0.39 is 5.97 Å². The third-order valence-corrected chi connectivity index (χ3v) is 2.81. The van der Waals surface area contributed by atoms with Crippen LogP contribution in [-0.4, -0.2) is 11.1 Å². The first-order valence-electron chi connectivity index (χ1n) is 5.81. The zero-order valence-corrected chi connectivity index (χ0v) is 10.1. The van der Waals surface area contributed by atoms with Crippen molar-refractivity contribution in [3.63, 3.8) is 0 Å². The third kappa shape index (κ3) is 2.88. The second kappa shape index (κ2) is 5.36. The molecule has 2 aromatic carbocycles. The van der Waals surface area contributed by atoms with Crippen LogP contribution in [0, 0.1) is 0 Å². The van der Waals surface area contributed by atoms with Gasteiger partial charge in [-0.05, 0) is 36.8 Å². The van der Waals surface area contributed by atoms with E-state index in [1.165, 1.54) is 5.56 Å². The maximum Gasteiger partial charge on any atom is 0.335 e. The number of rotatable bonds is 4. The second-order valence-electron chi connectivity index (χ2n) is 4.16. The van der Waals surface area contributed by atoms with Gasteiger partial charge < -0.3 is 10.4 Å². The summed E-state index contributed by atoms with van der Waals surface area (Å²) in [4.78, 5) is 10.7. The highest BCUT2D eigenvalue weighted by Gasteiger charge is 2.05. The molecular weight excluding hydrogens is 226 g/mol. The molecule has 0 aliphatic carbocycles. The fourth-order valence-electron chi connectivity index (χ4n) is 1.78. The van der Waals surface area contributed by atoms with Gasteiger partial charge in [-0.1, -0.05) is 30.3 Å². The number of anilines is 1. The fraction of sp³-hybridized carbons (Fsp3) is 0.133. The van der Waals surface area contributed by atoms with Gasteiger partial charge in [0, 0.05) is 11.7 Å². The van der Waals surface area contributed by atoms with Gasteiger partial charge in [-0.25, -0.2) is 4.79 Å². The summed E-state index contributed by atoms with van der Waals surface area (Å²) >= 11 is 0. The summed E-state index contributed by atoms with van der Waals surface area (Å²) in [6, 6.07) is 17.0. The lowest BCUT2D eigenvalue weighted by Crippen LogP contribution is -2.06. The highest BCUT2D eigenvalue weighted by Crippen LogP contribution is 2.19. The van der Waals surface area contributed by atoms with Gasteiger partial charge in [0.1, 0.15) is 0 Å².